The molecule has 0 saturated carbocycles. The van der Waals surface area contributed by atoms with Crippen LogP contribution in [0.1, 0.15) is 18.2 Å². The summed E-state index contributed by atoms with van der Waals surface area (Å²) in [4.78, 5) is 17.7. The number of aryl methyl sites for hydroxylation is 1. The van der Waals surface area contributed by atoms with Crippen molar-refractivity contribution in [2.24, 2.45) is 0 Å². The van der Waals surface area contributed by atoms with Crippen molar-refractivity contribution in [1.29, 1.82) is 0 Å². The zero-order chi connectivity index (χ0) is 15.4. The molecule has 0 amide bonds. The molecule has 0 saturated heterocycles. The Balaban J connectivity index is 1.62. The molecule has 0 N–H and O–H groups in total. The fourth-order valence-electron chi connectivity index (χ4n) is 2.13. The van der Waals surface area contributed by atoms with Gasteiger partial charge in [0, 0.05) is 37.1 Å². The number of hydrogen-bond donors (Lipinski definition) is 0. The molecule has 1 nitrogen and oxygen atoms in total. The monoisotopic (exact) mass is 364 g/mol. The Hall–Kier alpha value is -0.880. The summed E-state index contributed by atoms with van der Waals surface area (Å²) in [6.45, 7) is 1.63. The van der Waals surface area contributed by atoms with E-state index in [2.05, 4.69) is 41.8 Å². The van der Waals surface area contributed by atoms with E-state index in [1.165, 1.54) is 36.1 Å². The quantitative estimate of drug-likeness (QED) is 0.470. The van der Waals surface area contributed by atoms with E-state index < -0.39 is 0 Å². The van der Waals surface area contributed by atoms with E-state index in [0.717, 1.165) is 18.6 Å². The van der Waals surface area contributed by atoms with E-state index in [1.807, 2.05) is 22.7 Å². The average Bonchev–Trinajstić information content (AvgIpc) is 3.21. The normalized spacial score (nSPS) is 11.0. The van der Waals surface area contributed by atoms with Gasteiger partial charge in [0.05, 0.1) is 0 Å². The smallest absolute Gasteiger partial charge is 0.185 e. The van der Waals surface area contributed by atoms with Gasteiger partial charge in [-0.2, -0.15) is 0 Å². The highest BCUT2D eigenvalue weighted by Crippen LogP contribution is 2.39. The molecule has 0 radical (unpaired) electrons. The summed E-state index contributed by atoms with van der Waals surface area (Å²) >= 11 is 6.95. The summed E-state index contributed by atoms with van der Waals surface area (Å²) in [6.07, 6.45) is 2.13. The summed E-state index contributed by atoms with van der Waals surface area (Å²) in [5, 5.41) is 2.34. The fraction of sp³-hybridized carbons (Fsp3) is 0.235. The van der Waals surface area contributed by atoms with Gasteiger partial charge >= 0.3 is 0 Å². The van der Waals surface area contributed by atoms with Gasteiger partial charge in [0.1, 0.15) is 0 Å². The molecule has 3 aromatic rings. The van der Waals surface area contributed by atoms with Gasteiger partial charge in [0.25, 0.3) is 0 Å². The minimum absolute atomic E-state index is 0.214. The molecule has 0 fully saturated rings. The lowest BCUT2D eigenvalue weighted by atomic mass is 10.3. The molecule has 3 rings (SSSR count). The summed E-state index contributed by atoms with van der Waals surface area (Å²) in [6, 6.07) is 13.2. The standard InChI is InChI=1S/C17H16OS4/c1-12(18)19-10-2-4-13-6-7-16(21-13)17-9-8-15(22-17)14-5-3-11-20-14/h3,5-9,11H,2,4,10H2,1H3. The van der Waals surface area contributed by atoms with Gasteiger partial charge in [-0.1, -0.05) is 17.8 Å². The Morgan fingerprint density at radius 1 is 1.00 bits per heavy atom. The number of rotatable bonds is 6. The Morgan fingerprint density at radius 3 is 2.45 bits per heavy atom. The van der Waals surface area contributed by atoms with E-state index in [0.29, 0.717) is 0 Å². The third-order valence-corrected chi connectivity index (χ3v) is 7.54. The maximum Gasteiger partial charge on any atom is 0.185 e. The average molecular weight is 365 g/mol. The maximum absolute atomic E-state index is 10.9. The van der Waals surface area contributed by atoms with Crippen LogP contribution in [0.5, 0.6) is 0 Å². The SMILES string of the molecule is CC(=O)SCCCc1ccc(-c2ccc(-c3cccs3)s2)s1. The Morgan fingerprint density at radius 2 is 1.73 bits per heavy atom. The molecule has 5 heteroatoms. The summed E-state index contributed by atoms with van der Waals surface area (Å²) in [7, 11) is 0. The highest BCUT2D eigenvalue weighted by molar-refractivity contribution is 8.13. The predicted octanol–water partition coefficient (Wildman–Crippen LogP) is 6.42. The lowest BCUT2D eigenvalue weighted by Gasteiger charge is -1.96. The number of thiophene rings is 3. The molecule has 114 valence electrons. The van der Waals surface area contributed by atoms with Crippen LogP contribution < -0.4 is 0 Å². The number of hydrogen-bond acceptors (Lipinski definition) is 5. The third-order valence-electron chi connectivity index (χ3n) is 3.15. The van der Waals surface area contributed by atoms with Crippen LogP contribution in [0, 0.1) is 0 Å². The summed E-state index contributed by atoms with van der Waals surface area (Å²) in [5.74, 6) is 0.921. The van der Waals surface area contributed by atoms with Gasteiger partial charge in [-0.15, -0.1) is 34.0 Å². The van der Waals surface area contributed by atoms with Crippen LogP contribution in [0.15, 0.2) is 41.8 Å². The lowest BCUT2D eigenvalue weighted by Crippen LogP contribution is -1.88. The van der Waals surface area contributed by atoms with E-state index in [-0.39, 0.29) is 5.12 Å². The molecule has 0 aliphatic heterocycles. The molecule has 3 heterocycles. The second kappa shape index (κ2) is 7.59. The topological polar surface area (TPSA) is 17.1 Å². The fourth-order valence-corrected chi connectivity index (χ4v) is 5.69. The van der Waals surface area contributed by atoms with Crippen LogP contribution in [0.4, 0.5) is 0 Å². The van der Waals surface area contributed by atoms with Crippen LogP contribution in [0.2, 0.25) is 0 Å². The van der Waals surface area contributed by atoms with Crippen molar-refractivity contribution in [3.05, 3.63) is 46.7 Å². The second-order valence-electron chi connectivity index (χ2n) is 4.85. The van der Waals surface area contributed by atoms with E-state index in [9.17, 15) is 4.79 Å². The Bertz CT molecular complexity index is 736. The molecule has 0 aliphatic rings. The summed E-state index contributed by atoms with van der Waals surface area (Å²) < 4.78 is 0. The molecule has 0 atom stereocenters. The van der Waals surface area contributed by atoms with Crippen LogP contribution in [0.25, 0.3) is 19.5 Å². The zero-order valence-corrected chi connectivity index (χ0v) is 15.5. The van der Waals surface area contributed by atoms with Gasteiger partial charge in [0.2, 0.25) is 0 Å². The first-order chi connectivity index (χ1) is 10.7. The van der Waals surface area contributed by atoms with Gasteiger partial charge in [-0.25, -0.2) is 0 Å². The largest absolute Gasteiger partial charge is 0.288 e. The molecular weight excluding hydrogens is 348 g/mol. The van der Waals surface area contributed by atoms with Gasteiger partial charge in [-0.05, 0) is 48.6 Å². The lowest BCUT2D eigenvalue weighted by molar-refractivity contribution is -0.109. The van der Waals surface area contributed by atoms with Crippen LogP contribution in [-0.4, -0.2) is 10.9 Å². The van der Waals surface area contributed by atoms with Gasteiger partial charge in [-0.3, -0.25) is 4.79 Å². The molecule has 0 bridgehead atoms. The first-order valence-electron chi connectivity index (χ1n) is 7.08. The highest BCUT2D eigenvalue weighted by atomic mass is 32.2. The Kier molecular flexibility index (Phi) is 5.52. The second-order valence-corrected chi connectivity index (χ2v) is 9.32. The van der Waals surface area contributed by atoms with Crippen molar-refractivity contribution in [2.75, 3.05) is 5.75 Å². The minimum atomic E-state index is 0.214. The molecule has 0 unspecified atom stereocenters. The van der Waals surface area contributed by atoms with Crippen molar-refractivity contribution in [2.45, 2.75) is 19.8 Å². The predicted molar refractivity (Wildman–Crippen MR) is 102 cm³/mol. The maximum atomic E-state index is 10.9. The molecular formula is C17H16OS4. The van der Waals surface area contributed by atoms with Gasteiger partial charge < -0.3 is 0 Å². The number of thioether (sulfide) groups is 1. The van der Waals surface area contributed by atoms with Crippen LogP contribution >= 0.6 is 45.8 Å². The highest BCUT2D eigenvalue weighted by Gasteiger charge is 2.08. The number of carbonyl (C=O) groups excluding carboxylic acids is 1. The van der Waals surface area contributed by atoms with Crippen molar-refractivity contribution >= 4 is 50.9 Å². The minimum Gasteiger partial charge on any atom is -0.288 e. The molecule has 22 heavy (non-hydrogen) atoms. The Labute approximate surface area is 147 Å². The van der Waals surface area contributed by atoms with Gasteiger partial charge in [0.15, 0.2) is 5.12 Å². The van der Waals surface area contributed by atoms with E-state index in [4.69, 9.17) is 0 Å². The molecule has 0 aromatic carbocycles. The van der Waals surface area contributed by atoms with Crippen molar-refractivity contribution in [1.82, 2.24) is 0 Å². The summed E-state index contributed by atoms with van der Waals surface area (Å²) in [5.41, 5.74) is 0. The number of carbonyl (C=O) groups is 1. The van der Waals surface area contributed by atoms with Crippen LogP contribution in [-0.2, 0) is 11.2 Å². The van der Waals surface area contributed by atoms with Crippen molar-refractivity contribution < 1.29 is 4.79 Å². The van der Waals surface area contributed by atoms with Crippen molar-refractivity contribution in [3.8, 4) is 19.5 Å². The zero-order valence-electron chi connectivity index (χ0n) is 12.2. The molecule has 0 aliphatic carbocycles. The van der Waals surface area contributed by atoms with E-state index >= 15 is 0 Å². The third kappa shape index (κ3) is 4.10. The first-order valence-corrected chi connectivity index (χ1v) is 10.6. The van der Waals surface area contributed by atoms with E-state index in [1.54, 1.807) is 18.3 Å². The van der Waals surface area contributed by atoms with Crippen molar-refractivity contribution in [3.63, 3.8) is 0 Å². The molecule has 0 spiro atoms. The van der Waals surface area contributed by atoms with Crippen LogP contribution in [0.3, 0.4) is 0 Å². The first kappa shape index (κ1) is 16.0. The molecule has 3 aromatic heterocycles.